The number of hydrogen-bond donors (Lipinski definition) is 0. The van der Waals surface area contributed by atoms with Crippen LogP contribution in [-0.4, -0.2) is 19.6 Å². The maximum atomic E-state index is 11.3. The van der Waals surface area contributed by atoms with Crippen LogP contribution in [0.5, 0.6) is 0 Å². The van der Waals surface area contributed by atoms with Gasteiger partial charge in [0.2, 0.25) is 0 Å². The van der Waals surface area contributed by atoms with Crippen LogP contribution in [0.1, 0.15) is 25.3 Å². The molecule has 13 heavy (non-hydrogen) atoms. The van der Waals surface area contributed by atoms with Crippen molar-refractivity contribution in [3.63, 3.8) is 0 Å². The minimum atomic E-state index is 0.0315. The third kappa shape index (κ3) is 3.75. The second kappa shape index (κ2) is 5.21. The van der Waals surface area contributed by atoms with Gasteiger partial charge in [-0.15, -0.1) is 0 Å². The van der Waals surface area contributed by atoms with E-state index in [0.29, 0.717) is 4.68 Å². The fourth-order valence-corrected chi connectivity index (χ4v) is 2.76. The molecule has 0 fully saturated rings. The molecule has 0 spiro atoms. The molecule has 1 rings (SSSR count). The Morgan fingerprint density at radius 3 is 2.46 bits per heavy atom. The van der Waals surface area contributed by atoms with Crippen molar-refractivity contribution in [3.8, 4) is 0 Å². The average Bonchev–Trinajstić information content (AvgIpc) is 2.09. The van der Waals surface area contributed by atoms with E-state index in [9.17, 15) is 4.79 Å². The quantitative estimate of drug-likeness (QED) is 0.732. The van der Waals surface area contributed by atoms with Gasteiger partial charge in [0.05, 0.1) is 0 Å². The summed E-state index contributed by atoms with van der Waals surface area (Å²) in [6.07, 6.45) is 1.69. The van der Waals surface area contributed by atoms with Gasteiger partial charge in [0.25, 0.3) is 0 Å². The van der Waals surface area contributed by atoms with Crippen molar-refractivity contribution in [3.05, 3.63) is 29.8 Å². The molecule has 1 nitrogen and oxygen atoms in total. The van der Waals surface area contributed by atoms with Crippen molar-refractivity contribution >= 4 is 24.1 Å². The van der Waals surface area contributed by atoms with Gasteiger partial charge < -0.3 is 0 Å². The van der Waals surface area contributed by atoms with E-state index in [1.54, 1.807) is 0 Å². The molecule has 70 valence electrons. The first-order chi connectivity index (χ1) is 6.22. The average molecular weight is 241 g/mol. The van der Waals surface area contributed by atoms with Gasteiger partial charge in [-0.05, 0) is 0 Å². The minimum absolute atomic E-state index is 0.0315. The standard InChI is InChI=1S/C11H14OSe/c1-3-4-11(12)13-10-7-5-9(2)6-8-10/h5-8H,3-4H2,1-2H3. The predicted molar refractivity (Wildman–Crippen MR) is 56.5 cm³/mol. The number of benzene rings is 1. The zero-order chi connectivity index (χ0) is 9.68. The molecule has 1 aromatic carbocycles. The van der Waals surface area contributed by atoms with Crippen LogP contribution in [-0.2, 0) is 4.79 Å². The van der Waals surface area contributed by atoms with E-state index >= 15 is 0 Å². The summed E-state index contributed by atoms with van der Waals surface area (Å²) < 4.78 is 1.59. The first-order valence-electron chi connectivity index (χ1n) is 4.49. The molecular weight excluding hydrogens is 227 g/mol. The summed E-state index contributed by atoms with van der Waals surface area (Å²) in [4.78, 5) is 11.3. The number of hydrogen-bond acceptors (Lipinski definition) is 1. The van der Waals surface area contributed by atoms with E-state index in [1.807, 2.05) is 6.92 Å². The monoisotopic (exact) mass is 242 g/mol. The Balaban J connectivity index is 2.54. The third-order valence-electron chi connectivity index (χ3n) is 1.71. The first-order valence-corrected chi connectivity index (χ1v) is 6.21. The Kier molecular flexibility index (Phi) is 4.20. The Hall–Kier alpha value is -0.591. The summed E-state index contributed by atoms with van der Waals surface area (Å²) >= 11 is 0.0315. The van der Waals surface area contributed by atoms with Crippen molar-refractivity contribution in [1.82, 2.24) is 0 Å². The molecule has 2 heteroatoms. The normalized spacial score (nSPS) is 10.0. The van der Waals surface area contributed by atoms with Crippen molar-refractivity contribution in [1.29, 1.82) is 0 Å². The number of rotatable bonds is 4. The summed E-state index contributed by atoms with van der Waals surface area (Å²) in [5.41, 5.74) is 1.25. The van der Waals surface area contributed by atoms with Crippen LogP contribution in [0.25, 0.3) is 0 Å². The van der Waals surface area contributed by atoms with E-state index in [-0.39, 0.29) is 15.0 Å². The van der Waals surface area contributed by atoms with Gasteiger partial charge in [0, 0.05) is 0 Å². The number of carbonyl (C=O) groups excluding carboxylic acids is 1. The van der Waals surface area contributed by atoms with Crippen LogP contribution < -0.4 is 4.46 Å². The van der Waals surface area contributed by atoms with Gasteiger partial charge in [0.1, 0.15) is 0 Å². The van der Waals surface area contributed by atoms with Crippen LogP contribution in [0.15, 0.2) is 24.3 Å². The number of aryl methyl sites for hydroxylation is 1. The summed E-state index contributed by atoms with van der Waals surface area (Å²) in [6.45, 7) is 4.10. The fourth-order valence-electron chi connectivity index (χ4n) is 0.993. The topological polar surface area (TPSA) is 17.1 Å². The van der Waals surface area contributed by atoms with E-state index in [4.69, 9.17) is 0 Å². The Bertz CT molecular complexity index is 277. The van der Waals surface area contributed by atoms with Gasteiger partial charge >= 0.3 is 85.4 Å². The van der Waals surface area contributed by atoms with Gasteiger partial charge in [-0.2, -0.15) is 0 Å². The van der Waals surface area contributed by atoms with E-state index in [2.05, 4.69) is 31.2 Å². The molecule has 0 heterocycles. The molecule has 0 N–H and O–H groups in total. The van der Waals surface area contributed by atoms with Gasteiger partial charge in [-0.1, -0.05) is 0 Å². The molecule has 0 unspecified atom stereocenters. The van der Waals surface area contributed by atoms with Gasteiger partial charge in [-0.25, -0.2) is 0 Å². The fraction of sp³-hybridized carbons (Fsp3) is 0.364. The van der Waals surface area contributed by atoms with E-state index < -0.39 is 0 Å². The zero-order valence-corrected chi connectivity index (χ0v) is 9.75. The maximum absolute atomic E-state index is 11.3. The van der Waals surface area contributed by atoms with E-state index in [0.717, 1.165) is 12.8 Å². The van der Waals surface area contributed by atoms with Crippen LogP contribution >= 0.6 is 0 Å². The van der Waals surface area contributed by atoms with Crippen LogP contribution in [0.2, 0.25) is 0 Å². The summed E-state index contributed by atoms with van der Waals surface area (Å²) in [6, 6.07) is 8.25. The molecule has 0 radical (unpaired) electrons. The Labute approximate surface area is 85.7 Å². The SMILES string of the molecule is CCCC(=O)[Se]c1ccc(C)cc1. The molecule has 0 aliphatic carbocycles. The van der Waals surface area contributed by atoms with E-state index in [1.165, 1.54) is 10.0 Å². The van der Waals surface area contributed by atoms with Crippen LogP contribution in [0.3, 0.4) is 0 Å². The second-order valence-corrected chi connectivity index (χ2v) is 5.41. The molecule has 0 saturated heterocycles. The van der Waals surface area contributed by atoms with Gasteiger partial charge in [-0.3, -0.25) is 0 Å². The third-order valence-corrected chi connectivity index (χ3v) is 3.68. The van der Waals surface area contributed by atoms with Crippen molar-refractivity contribution in [2.45, 2.75) is 26.7 Å². The molecular formula is C11H14OSe. The van der Waals surface area contributed by atoms with Crippen LogP contribution in [0, 0.1) is 6.92 Å². The molecule has 0 amide bonds. The molecule has 1 aromatic rings. The zero-order valence-electron chi connectivity index (χ0n) is 8.04. The van der Waals surface area contributed by atoms with Crippen LogP contribution in [0.4, 0.5) is 0 Å². The van der Waals surface area contributed by atoms with Crippen molar-refractivity contribution in [2.75, 3.05) is 0 Å². The molecule has 0 aromatic heterocycles. The Morgan fingerprint density at radius 2 is 1.92 bits per heavy atom. The molecule has 0 bridgehead atoms. The first kappa shape index (κ1) is 10.5. The number of carbonyl (C=O) groups is 1. The van der Waals surface area contributed by atoms with Crippen molar-refractivity contribution in [2.24, 2.45) is 0 Å². The Morgan fingerprint density at radius 1 is 1.31 bits per heavy atom. The molecule has 0 aliphatic heterocycles. The molecule has 0 atom stereocenters. The summed E-state index contributed by atoms with van der Waals surface area (Å²) in [7, 11) is 0. The summed E-state index contributed by atoms with van der Waals surface area (Å²) in [5.74, 6) is 0. The molecule has 0 saturated carbocycles. The molecule has 0 aliphatic rings. The summed E-state index contributed by atoms with van der Waals surface area (Å²) in [5, 5.41) is 0. The van der Waals surface area contributed by atoms with Gasteiger partial charge in [0.15, 0.2) is 0 Å². The second-order valence-electron chi connectivity index (χ2n) is 3.04. The van der Waals surface area contributed by atoms with Crippen molar-refractivity contribution < 1.29 is 4.79 Å². The predicted octanol–water partition coefficient (Wildman–Crippen LogP) is 1.65.